The minimum Gasteiger partial charge on any atom is -0.444 e. The summed E-state index contributed by atoms with van der Waals surface area (Å²) in [6, 6.07) is 0.00781. The van der Waals surface area contributed by atoms with Crippen molar-refractivity contribution in [2.45, 2.75) is 77.1 Å². The standard InChI is InChI=1S/C24H33N5O4/c1-13-7-8-25-20-17-15(13)11-29(21(17)28-12-27-20)16-9-14(10-26-22(30)33-23(2,3)4)18-19(16)32-24(5,6)31-18/h11-12,14,16,18-19H,1,7-10H2,2-6H3,(H,26,30)(H,25,27,28)/t14-,16-,18-,19+/m1/s1. The van der Waals surface area contributed by atoms with Gasteiger partial charge in [0.2, 0.25) is 0 Å². The normalized spacial score (nSPS) is 28.3. The largest absolute Gasteiger partial charge is 0.444 e. The predicted molar refractivity (Wildman–Crippen MR) is 125 cm³/mol. The number of carbonyl (C=O) groups is 1. The van der Waals surface area contributed by atoms with Crippen molar-refractivity contribution in [2.75, 3.05) is 18.4 Å². The molecule has 33 heavy (non-hydrogen) atoms. The summed E-state index contributed by atoms with van der Waals surface area (Å²) in [5.41, 5.74) is 2.47. The van der Waals surface area contributed by atoms with Gasteiger partial charge in [-0.2, -0.15) is 0 Å². The summed E-state index contributed by atoms with van der Waals surface area (Å²) in [5.74, 6) is 0.223. The molecule has 0 radical (unpaired) electrons. The van der Waals surface area contributed by atoms with Crippen molar-refractivity contribution >= 4 is 28.5 Å². The van der Waals surface area contributed by atoms with Crippen molar-refractivity contribution in [3.8, 4) is 0 Å². The first kappa shape index (κ1) is 22.2. The molecule has 4 atom stereocenters. The number of nitrogens with one attached hydrogen (secondary N) is 2. The van der Waals surface area contributed by atoms with Crippen molar-refractivity contribution in [3.63, 3.8) is 0 Å². The average Bonchev–Trinajstić information content (AvgIpc) is 3.30. The van der Waals surface area contributed by atoms with Gasteiger partial charge in [0.25, 0.3) is 0 Å². The molecule has 1 saturated carbocycles. The second kappa shape index (κ2) is 7.70. The van der Waals surface area contributed by atoms with E-state index in [1.807, 2.05) is 34.6 Å². The van der Waals surface area contributed by atoms with Gasteiger partial charge in [0.15, 0.2) is 5.79 Å². The van der Waals surface area contributed by atoms with Crippen LogP contribution in [0.15, 0.2) is 19.1 Å². The Kier molecular flexibility index (Phi) is 5.17. The van der Waals surface area contributed by atoms with Crippen LogP contribution in [-0.2, 0) is 14.2 Å². The van der Waals surface area contributed by atoms with E-state index in [2.05, 4.69) is 37.9 Å². The van der Waals surface area contributed by atoms with E-state index in [0.29, 0.717) is 6.54 Å². The summed E-state index contributed by atoms with van der Waals surface area (Å²) in [6.07, 6.45) is 4.65. The van der Waals surface area contributed by atoms with E-state index in [-0.39, 0.29) is 24.2 Å². The molecule has 0 aromatic carbocycles. The molecule has 3 aliphatic rings. The second-order valence-corrected chi connectivity index (χ2v) is 10.7. The van der Waals surface area contributed by atoms with Crippen LogP contribution in [0.3, 0.4) is 0 Å². The summed E-state index contributed by atoms with van der Waals surface area (Å²) in [5, 5.41) is 7.33. The zero-order chi connectivity index (χ0) is 23.5. The number of anilines is 1. The zero-order valence-electron chi connectivity index (χ0n) is 20.0. The average molecular weight is 456 g/mol. The Hall–Kier alpha value is -2.65. The van der Waals surface area contributed by atoms with Crippen LogP contribution >= 0.6 is 0 Å². The van der Waals surface area contributed by atoms with Gasteiger partial charge < -0.3 is 29.4 Å². The summed E-state index contributed by atoms with van der Waals surface area (Å²) >= 11 is 0. The third kappa shape index (κ3) is 4.08. The Labute approximate surface area is 193 Å². The molecule has 2 fully saturated rings. The third-order valence-corrected chi connectivity index (χ3v) is 6.53. The molecule has 5 rings (SSSR count). The van der Waals surface area contributed by atoms with Gasteiger partial charge in [-0.25, -0.2) is 14.8 Å². The van der Waals surface area contributed by atoms with Gasteiger partial charge in [-0.05, 0) is 53.0 Å². The number of hydrogen-bond donors (Lipinski definition) is 2. The molecule has 1 aliphatic carbocycles. The number of ether oxygens (including phenoxy) is 3. The van der Waals surface area contributed by atoms with Gasteiger partial charge in [-0.1, -0.05) is 6.58 Å². The smallest absolute Gasteiger partial charge is 0.407 e. The SMILES string of the molecule is C=C1CCNc2ncnc3c2c1cn3[C@@H]1C[C@H](CNC(=O)OC(C)(C)C)[C@H]2OC(C)(C)O[C@H]21. The molecule has 0 bridgehead atoms. The van der Waals surface area contributed by atoms with Crippen molar-refractivity contribution < 1.29 is 19.0 Å². The number of rotatable bonds is 3. The minimum atomic E-state index is -0.694. The Balaban J connectivity index is 1.46. The molecule has 2 N–H and O–H groups in total. The molecular formula is C24H33N5O4. The van der Waals surface area contributed by atoms with Gasteiger partial charge in [0.05, 0.1) is 17.5 Å². The quantitative estimate of drug-likeness (QED) is 0.725. The van der Waals surface area contributed by atoms with Gasteiger partial charge in [-0.15, -0.1) is 0 Å². The summed E-state index contributed by atoms with van der Waals surface area (Å²) in [7, 11) is 0. The van der Waals surface area contributed by atoms with E-state index in [9.17, 15) is 4.79 Å². The van der Waals surface area contributed by atoms with Crippen LogP contribution in [0.25, 0.3) is 16.6 Å². The van der Waals surface area contributed by atoms with Crippen LogP contribution in [0.1, 0.15) is 59.1 Å². The predicted octanol–water partition coefficient (Wildman–Crippen LogP) is 3.87. The topological polar surface area (TPSA) is 99.5 Å². The highest BCUT2D eigenvalue weighted by atomic mass is 16.8. The number of amides is 1. The van der Waals surface area contributed by atoms with E-state index in [4.69, 9.17) is 14.2 Å². The Morgan fingerprint density at radius 2 is 2.09 bits per heavy atom. The molecule has 1 saturated heterocycles. The first-order valence-electron chi connectivity index (χ1n) is 11.6. The molecule has 9 nitrogen and oxygen atoms in total. The van der Waals surface area contributed by atoms with Crippen LogP contribution < -0.4 is 10.6 Å². The maximum absolute atomic E-state index is 12.3. The van der Waals surface area contributed by atoms with Crippen molar-refractivity contribution in [3.05, 3.63) is 24.7 Å². The van der Waals surface area contributed by atoms with Gasteiger partial charge in [0, 0.05) is 30.8 Å². The van der Waals surface area contributed by atoms with Crippen molar-refractivity contribution in [1.29, 1.82) is 0 Å². The summed E-state index contributed by atoms with van der Waals surface area (Å²) in [6.45, 7) is 15.0. The van der Waals surface area contributed by atoms with E-state index < -0.39 is 17.5 Å². The first-order chi connectivity index (χ1) is 15.5. The number of hydrogen-bond acceptors (Lipinski definition) is 7. The first-order valence-corrected chi connectivity index (χ1v) is 11.6. The zero-order valence-corrected chi connectivity index (χ0v) is 20.0. The molecule has 2 aromatic rings. The Morgan fingerprint density at radius 1 is 1.33 bits per heavy atom. The lowest BCUT2D eigenvalue weighted by atomic mass is 10.1. The van der Waals surface area contributed by atoms with Crippen LogP contribution in [0, 0.1) is 5.92 Å². The fourth-order valence-corrected chi connectivity index (χ4v) is 5.26. The summed E-state index contributed by atoms with van der Waals surface area (Å²) in [4.78, 5) is 21.4. The number of aromatic nitrogens is 3. The Morgan fingerprint density at radius 3 is 2.85 bits per heavy atom. The lowest BCUT2D eigenvalue weighted by Crippen LogP contribution is -2.38. The molecule has 0 unspecified atom stereocenters. The monoisotopic (exact) mass is 455 g/mol. The molecule has 2 aromatic heterocycles. The molecular weight excluding hydrogens is 422 g/mol. The van der Waals surface area contributed by atoms with E-state index in [0.717, 1.165) is 47.4 Å². The molecule has 1 amide bonds. The van der Waals surface area contributed by atoms with E-state index in [1.165, 1.54) is 0 Å². The van der Waals surface area contributed by atoms with E-state index >= 15 is 0 Å². The fourth-order valence-electron chi connectivity index (χ4n) is 5.26. The minimum absolute atomic E-state index is 0.00781. The number of nitrogens with zero attached hydrogens (tertiary/aromatic N) is 3. The highest BCUT2D eigenvalue weighted by molar-refractivity contribution is 5.99. The van der Waals surface area contributed by atoms with Gasteiger partial charge in [-0.3, -0.25) is 0 Å². The third-order valence-electron chi connectivity index (χ3n) is 6.53. The fraction of sp³-hybridized carbons (Fsp3) is 0.625. The number of carbonyl (C=O) groups excluding carboxylic acids is 1. The van der Waals surface area contributed by atoms with E-state index in [1.54, 1.807) is 6.33 Å². The van der Waals surface area contributed by atoms with Crippen LogP contribution in [0.2, 0.25) is 0 Å². The maximum atomic E-state index is 12.3. The number of alkyl carbamates (subject to hydrolysis) is 1. The Bertz CT molecular complexity index is 1100. The lowest BCUT2D eigenvalue weighted by Gasteiger charge is -2.25. The van der Waals surface area contributed by atoms with Gasteiger partial charge in [0.1, 0.15) is 29.5 Å². The van der Waals surface area contributed by atoms with Gasteiger partial charge >= 0.3 is 6.09 Å². The second-order valence-electron chi connectivity index (χ2n) is 10.7. The molecule has 178 valence electrons. The maximum Gasteiger partial charge on any atom is 0.407 e. The highest BCUT2D eigenvalue weighted by Crippen LogP contribution is 2.48. The lowest BCUT2D eigenvalue weighted by molar-refractivity contribution is -0.160. The molecule has 0 spiro atoms. The molecule has 4 heterocycles. The van der Waals surface area contributed by atoms with Crippen LogP contribution in [-0.4, -0.2) is 57.3 Å². The highest BCUT2D eigenvalue weighted by Gasteiger charge is 2.54. The van der Waals surface area contributed by atoms with Crippen molar-refractivity contribution in [1.82, 2.24) is 19.9 Å². The van der Waals surface area contributed by atoms with Crippen LogP contribution in [0.5, 0.6) is 0 Å². The molecule has 9 heteroatoms. The van der Waals surface area contributed by atoms with Crippen LogP contribution in [0.4, 0.5) is 10.6 Å². The number of fused-ring (bicyclic) bond motifs is 1. The van der Waals surface area contributed by atoms with Crippen molar-refractivity contribution in [2.24, 2.45) is 5.92 Å². The molecule has 2 aliphatic heterocycles. The summed E-state index contributed by atoms with van der Waals surface area (Å²) < 4.78 is 20.3.